The van der Waals surface area contributed by atoms with Crippen LogP contribution in [0.4, 0.5) is 4.39 Å². The second kappa shape index (κ2) is 5.02. The summed E-state index contributed by atoms with van der Waals surface area (Å²) in [7, 11) is 0. The molecule has 0 aromatic rings. The van der Waals surface area contributed by atoms with Gasteiger partial charge in [-0.25, -0.2) is 9.18 Å². The Kier molecular flexibility index (Phi) is 4.11. The molecule has 1 rings (SSSR count). The zero-order chi connectivity index (χ0) is 13.2. The number of nitrogens with zero attached hydrogens (tertiary/aromatic N) is 1. The third kappa shape index (κ3) is 3.98. The number of alkyl halides is 1. The van der Waals surface area contributed by atoms with Crippen molar-refractivity contribution in [3.8, 4) is 0 Å². The van der Waals surface area contributed by atoms with Crippen LogP contribution in [-0.2, 0) is 9.59 Å². The van der Waals surface area contributed by atoms with E-state index >= 15 is 0 Å². The summed E-state index contributed by atoms with van der Waals surface area (Å²) >= 11 is 0. The summed E-state index contributed by atoms with van der Waals surface area (Å²) in [6.07, 6.45) is -0.350. The second-order valence-corrected chi connectivity index (χ2v) is 5.79. The van der Waals surface area contributed by atoms with Crippen LogP contribution < -0.4 is 0 Å². The van der Waals surface area contributed by atoms with Gasteiger partial charge in [-0.1, -0.05) is 20.8 Å². The van der Waals surface area contributed by atoms with E-state index in [0.717, 1.165) is 0 Å². The van der Waals surface area contributed by atoms with Gasteiger partial charge in [0, 0.05) is 12.8 Å². The summed E-state index contributed by atoms with van der Waals surface area (Å²) in [6, 6.07) is -0.988. The van der Waals surface area contributed by atoms with Gasteiger partial charge in [-0.15, -0.1) is 0 Å². The highest BCUT2D eigenvalue weighted by molar-refractivity contribution is 5.84. The fourth-order valence-electron chi connectivity index (χ4n) is 1.92. The highest BCUT2D eigenvalue weighted by Gasteiger charge is 2.39. The third-order valence-electron chi connectivity index (χ3n) is 2.94. The Bertz CT molecular complexity index is 311. The first-order valence-corrected chi connectivity index (χ1v) is 5.87. The molecular weight excluding hydrogens is 225 g/mol. The van der Waals surface area contributed by atoms with Crippen LogP contribution in [-0.4, -0.2) is 40.6 Å². The van der Waals surface area contributed by atoms with Crippen molar-refractivity contribution >= 4 is 11.9 Å². The molecule has 0 aromatic heterocycles. The highest BCUT2D eigenvalue weighted by Crippen LogP contribution is 2.25. The summed E-state index contributed by atoms with van der Waals surface area (Å²) in [4.78, 5) is 23.9. The molecule has 4 nitrogen and oxygen atoms in total. The van der Waals surface area contributed by atoms with E-state index in [0.29, 0.717) is 6.42 Å². The summed E-state index contributed by atoms with van der Waals surface area (Å²) in [5.74, 6) is -1.37. The Morgan fingerprint density at radius 2 is 2.00 bits per heavy atom. The van der Waals surface area contributed by atoms with E-state index in [1.807, 2.05) is 20.8 Å². The summed E-state index contributed by atoms with van der Waals surface area (Å²) in [5, 5.41) is 8.92. The smallest absolute Gasteiger partial charge is 0.326 e. The quantitative estimate of drug-likeness (QED) is 0.825. The standard InChI is InChI=1S/C12H20FNO3/c1-12(2,3)5-4-10(15)14-7-8(13)6-9(14)11(16)17/h8-9H,4-7H2,1-3H3,(H,16,17)/t8-,9+/m1/s1. The lowest BCUT2D eigenvalue weighted by atomic mass is 9.90. The van der Waals surface area contributed by atoms with Crippen LogP contribution in [0.15, 0.2) is 0 Å². The van der Waals surface area contributed by atoms with E-state index in [1.54, 1.807) is 0 Å². The fraction of sp³-hybridized carbons (Fsp3) is 0.833. The average molecular weight is 245 g/mol. The van der Waals surface area contributed by atoms with Crippen molar-refractivity contribution in [1.82, 2.24) is 4.90 Å². The van der Waals surface area contributed by atoms with Gasteiger partial charge in [0.2, 0.25) is 5.91 Å². The Labute approximate surface area is 101 Å². The van der Waals surface area contributed by atoms with Crippen molar-refractivity contribution in [3.63, 3.8) is 0 Å². The maximum absolute atomic E-state index is 13.2. The number of amides is 1. The minimum Gasteiger partial charge on any atom is -0.480 e. The van der Waals surface area contributed by atoms with Gasteiger partial charge < -0.3 is 10.0 Å². The number of hydrogen-bond acceptors (Lipinski definition) is 2. The molecule has 0 aliphatic carbocycles. The molecule has 0 radical (unpaired) electrons. The van der Waals surface area contributed by atoms with Crippen molar-refractivity contribution in [1.29, 1.82) is 0 Å². The van der Waals surface area contributed by atoms with Crippen LogP contribution in [0.25, 0.3) is 0 Å². The Morgan fingerprint density at radius 1 is 1.41 bits per heavy atom. The predicted molar refractivity (Wildman–Crippen MR) is 61.3 cm³/mol. The average Bonchev–Trinajstić information content (AvgIpc) is 2.55. The Hall–Kier alpha value is -1.13. The molecule has 0 bridgehead atoms. The molecule has 17 heavy (non-hydrogen) atoms. The maximum Gasteiger partial charge on any atom is 0.326 e. The van der Waals surface area contributed by atoms with E-state index in [1.165, 1.54) is 4.90 Å². The molecule has 0 spiro atoms. The molecule has 0 aromatic carbocycles. The van der Waals surface area contributed by atoms with Gasteiger partial charge in [0.25, 0.3) is 0 Å². The molecule has 2 atom stereocenters. The number of carbonyl (C=O) groups excluding carboxylic acids is 1. The van der Waals surface area contributed by atoms with Crippen molar-refractivity contribution in [2.45, 2.75) is 52.2 Å². The van der Waals surface area contributed by atoms with Gasteiger partial charge in [-0.05, 0) is 11.8 Å². The number of rotatable bonds is 3. The molecule has 98 valence electrons. The topological polar surface area (TPSA) is 57.6 Å². The van der Waals surface area contributed by atoms with Crippen LogP contribution in [0.5, 0.6) is 0 Å². The number of carboxylic acids is 1. The molecule has 1 heterocycles. The van der Waals surface area contributed by atoms with Gasteiger partial charge in [-0.2, -0.15) is 0 Å². The molecule has 1 N–H and O–H groups in total. The molecule has 1 amide bonds. The zero-order valence-corrected chi connectivity index (χ0v) is 10.6. The van der Waals surface area contributed by atoms with Crippen LogP contribution in [0, 0.1) is 5.41 Å². The number of carbonyl (C=O) groups is 2. The van der Waals surface area contributed by atoms with Crippen molar-refractivity contribution < 1.29 is 19.1 Å². The normalized spacial score (nSPS) is 25.1. The largest absolute Gasteiger partial charge is 0.480 e. The molecular formula is C12H20FNO3. The maximum atomic E-state index is 13.2. The molecule has 1 aliphatic rings. The van der Waals surface area contributed by atoms with Crippen molar-refractivity contribution in [2.24, 2.45) is 5.41 Å². The molecule has 0 saturated carbocycles. The summed E-state index contributed by atoms with van der Waals surface area (Å²) in [5.41, 5.74) is 0.0171. The molecule has 0 unspecified atom stereocenters. The number of carboxylic acid groups (broad SMARTS) is 1. The van der Waals surface area contributed by atoms with E-state index in [4.69, 9.17) is 5.11 Å². The van der Waals surface area contributed by atoms with Crippen LogP contribution >= 0.6 is 0 Å². The lowest BCUT2D eigenvalue weighted by Crippen LogP contribution is -2.40. The first kappa shape index (κ1) is 13.9. The summed E-state index contributed by atoms with van der Waals surface area (Å²) in [6.45, 7) is 5.95. The van der Waals surface area contributed by atoms with Gasteiger partial charge in [0.15, 0.2) is 0 Å². The highest BCUT2D eigenvalue weighted by atomic mass is 19.1. The SMILES string of the molecule is CC(C)(C)CCC(=O)N1C[C@H](F)C[C@H]1C(=O)O. The van der Waals surface area contributed by atoms with Gasteiger partial charge in [0.05, 0.1) is 6.54 Å². The Balaban J connectivity index is 2.59. The monoisotopic (exact) mass is 245 g/mol. The molecule has 1 aliphatic heterocycles. The fourth-order valence-corrected chi connectivity index (χ4v) is 1.92. The Morgan fingerprint density at radius 3 is 2.47 bits per heavy atom. The van der Waals surface area contributed by atoms with Gasteiger partial charge >= 0.3 is 5.97 Å². The third-order valence-corrected chi connectivity index (χ3v) is 2.94. The minimum atomic E-state index is -1.21. The van der Waals surface area contributed by atoms with Gasteiger partial charge in [0.1, 0.15) is 12.2 Å². The minimum absolute atomic E-state index is 0.0171. The van der Waals surface area contributed by atoms with E-state index < -0.39 is 18.2 Å². The number of halogens is 1. The first-order valence-electron chi connectivity index (χ1n) is 5.87. The zero-order valence-electron chi connectivity index (χ0n) is 10.6. The lowest BCUT2D eigenvalue weighted by Gasteiger charge is -2.23. The van der Waals surface area contributed by atoms with Crippen LogP contribution in [0.3, 0.4) is 0 Å². The lowest BCUT2D eigenvalue weighted by molar-refractivity contribution is -0.148. The molecule has 5 heteroatoms. The van der Waals surface area contributed by atoms with Crippen molar-refractivity contribution in [3.05, 3.63) is 0 Å². The van der Waals surface area contributed by atoms with Crippen LogP contribution in [0.1, 0.15) is 40.0 Å². The predicted octanol–water partition coefficient (Wildman–Crippen LogP) is 1.84. The summed E-state index contributed by atoms with van der Waals surface area (Å²) < 4.78 is 13.2. The first-order chi connectivity index (χ1) is 7.70. The number of aliphatic carboxylic acids is 1. The van der Waals surface area contributed by atoms with E-state index in [2.05, 4.69) is 0 Å². The number of likely N-dealkylation sites (tertiary alicyclic amines) is 1. The molecule has 1 saturated heterocycles. The second-order valence-electron chi connectivity index (χ2n) is 5.79. The van der Waals surface area contributed by atoms with E-state index in [-0.39, 0.29) is 30.7 Å². The van der Waals surface area contributed by atoms with Crippen LogP contribution in [0.2, 0.25) is 0 Å². The van der Waals surface area contributed by atoms with Gasteiger partial charge in [-0.3, -0.25) is 4.79 Å². The number of hydrogen-bond donors (Lipinski definition) is 1. The molecule has 1 fully saturated rings. The van der Waals surface area contributed by atoms with Crippen molar-refractivity contribution in [2.75, 3.05) is 6.54 Å². The van der Waals surface area contributed by atoms with E-state index in [9.17, 15) is 14.0 Å².